The van der Waals surface area contributed by atoms with Gasteiger partial charge < -0.3 is 4.74 Å². The van der Waals surface area contributed by atoms with E-state index in [0.717, 1.165) is 15.9 Å². The van der Waals surface area contributed by atoms with Crippen molar-refractivity contribution in [2.75, 3.05) is 7.11 Å². The van der Waals surface area contributed by atoms with Crippen LogP contribution < -0.4 is 5.32 Å². The van der Waals surface area contributed by atoms with Gasteiger partial charge in [0.15, 0.2) is 5.65 Å². The van der Waals surface area contributed by atoms with Crippen LogP contribution in [0.15, 0.2) is 23.2 Å². The highest BCUT2D eigenvalue weighted by Gasteiger charge is 2.13. The maximum absolute atomic E-state index is 11.3. The standard InChI is InChI=1S/C11H13BrN4O2/c1-7(11(17)18-2)13-3-8-4-15-10-5-14-9(12)6-16(8)10/h4-7,13H,3H2,1-2H3. The van der Waals surface area contributed by atoms with E-state index in [4.69, 9.17) is 0 Å². The molecule has 2 aromatic heterocycles. The number of methoxy groups -OCH3 is 1. The summed E-state index contributed by atoms with van der Waals surface area (Å²) in [4.78, 5) is 19.6. The molecule has 2 aromatic rings. The number of nitrogens with one attached hydrogen (secondary N) is 1. The minimum absolute atomic E-state index is 0.285. The number of fused-ring (bicyclic) bond motifs is 1. The van der Waals surface area contributed by atoms with Gasteiger partial charge in [0.1, 0.15) is 10.6 Å². The molecule has 1 atom stereocenters. The van der Waals surface area contributed by atoms with Gasteiger partial charge in [-0.1, -0.05) is 0 Å². The molecule has 0 spiro atoms. The Morgan fingerprint density at radius 2 is 2.33 bits per heavy atom. The summed E-state index contributed by atoms with van der Waals surface area (Å²) < 4.78 is 7.29. The van der Waals surface area contributed by atoms with Crippen LogP contribution in [-0.2, 0) is 16.1 Å². The third kappa shape index (κ3) is 2.68. The van der Waals surface area contributed by atoms with Gasteiger partial charge in [0.2, 0.25) is 0 Å². The van der Waals surface area contributed by atoms with E-state index in [1.165, 1.54) is 7.11 Å². The number of carbonyl (C=O) groups excluding carboxylic acids is 1. The first kappa shape index (κ1) is 13.0. The summed E-state index contributed by atoms with van der Waals surface area (Å²) in [5, 5.41) is 3.08. The first-order valence-electron chi connectivity index (χ1n) is 5.40. The average Bonchev–Trinajstić information content (AvgIpc) is 2.77. The van der Waals surface area contributed by atoms with Crippen molar-refractivity contribution in [3.05, 3.63) is 28.9 Å². The molecule has 96 valence electrons. The summed E-state index contributed by atoms with van der Waals surface area (Å²) in [6.45, 7) is 2.28. The molecule has 0 aliphatic rings. The van der Waals surface area contributed by atoms with E-state index in [-0.39, 0.29) is 12.0 Å². The summed E-state index contributed by atoms with van der Waals surface area (Å²) >= 11 is 3.31. The van der Waals surface area contributed by atoms with E-state index in [0.29, 0.717) is 6.54 Å². The topological polar surface area (TPSA) is 68.5 Å². The number of hydrogen-bond acceptors (Lipinski definition) is 5. The Hall–Kier alpha value is -1.47. The maximum atomic E-state index is 11.3. The predicted molar refractivity (Wildman–Crippen MR) is 69.0 cm³/mol. The van der Waals surface area contributed by atoms with Crippen molar-refractivity contribution in [3.8, 4) is 0 Å². The third-order valence-corrected chi connectivity index (χ3v) is 2.99. The van der Waals surface area contributed by atoms with E-state index in [1.54, 1.807) is 19.3 Å². The number of hydrogen-bond donors (Lipinski definition) is 1. The number of imidazole rings is 1. The fourth-order valence-corrected chi connectivity index (χ4v) is 1.87. The summed E-state index contributed by atoms with van der Waals surface area (Å²) in [6.07, 6.45) is 5.26. The summed E-state index contributed by atoms with van der Waals surface area (Å²) in [7, 11) is 1.37. The molecule has 1 unspecified atom stereocenters. The molecule has 6 nitrogen and oxygen atoms in total. The van der Waals surface area contributed by atoms with Crippen LogP contribution in [0, 0.1) is 0 Å². The number of esters is 1. The van der Waals surface area contributed by atoms with Crippen LogP contribution in [0.2, 0.25) is 0 Å². The SMILES string of the molecule is COC(=O)C(C)NCc1cnc2cnc(Br)cn12. The van der Waals surface area contributed by atoms with E-state index < -0.39 is 0 Å². The van der Waals surface area contributed by atoms with Gasteiger partial charge in [-0.15, -0.1) is 0 Å². The zero-order valence-electron chi connectivity index (χ0n) is 10.1. The smallest absolute Gasteiger partial charge is 0.322 e. The Kier molecular flexibility index (Phi) is 3.93. The second-order valence-corrected chi connectivity index (χ2v) is 4.63. The lowest BCUT2D eigenvalue weighted by molar-refractivity contribution is -0.142. The second kappa shape index (κ2) is 5.45. The van der Waals surface area contributed by atoms with Crippen molar-refractivity contribution in [1.29, 1.82) is 0 Å². The molecule has 0 aromatic carbocycles. The number of rotatable bonds is 4. The Bertz CT molecular complexity index is 569. The van der Waals surface area contributed by atoms with Gasteiger partial charge in [0.05, 0.1) is 25.2 Å². The molecular weight excluding hydrogens is 300 g/mol. The van der Waals surface area contributed by atoms with Gasteiger partial charge in [-0.05, 0) is 22.9 Å². The van der Waals surface area contributed by atoms with Gasteiger partial charge in [-0.25, -0.2) is 9.97 Å². The van der Waals surface area contributed by atoms with E-state index in [1.807, 2.05) is 10.6 Å². The maximum Gasteiger partial charge on any atom is 0.322 e. The predicted octanol–water partition coefficient (Wildman–Crippen LogP) is 1.14. The lowest BCUT2D eigenvalue weighted by Crippen LogP contribution is -2.34. The van der Waals surface area contributed by atoms with Gasteiger partial charge in [0, 0.05) is 12.7 Å². The number of carbonyl (C=O) groups is 1. The lowest BCUT2D eigenvalue weighted by atomic mass is 10.3. The summed E-state index contributed by atoms with van der Waals surface area (Å²) in [5.74, 6) is -0.285. The highest BCUT2D eigenvalue weighted by Crippen LogP contribution is 2.10. The van der Waals surface area contributed by atoms with Gasteiger partial charge in [-0.3, -0.25) is 14.5 Å². The second-order valence-electron chi connectivity index (χ2n) is 3.81. The van der Waals surface area contributed by atoms with Crippen LogP contribution in [-0.4, -0.2) is 33.5 Å². The molecule has 2 rings (SSSR count). The van der Waals surface area contributed by atoms with Crippen molar-refractivity contribution in [1.82, 2.24) is 19.7 Å². The van der Waals surface area contributed by atoms with E-state index >= 15 is 0 Å². The van der Waals surface area contributed by atoms with Crippen LogP contribution in [0.1, 0.15) is 12.6 Å². The molecule has 2 heterocycles. The van der Waals surface area contributed by atoms with E-state index in [2.05, 4.69) is 36.0 Å². The molecule has 0 bridgehead atoms. The monoisotopic (exact) mass is 312 g/mol. The zero-order valence-corrected chi connectivity index (χ0v) is 11.6. The third-order valence-electron chi connectivity index (χ3n) is 2.59. The van der Waals surface area contributed by atoms with Gasteiger partial charge in [0.25, 0.3) is 0 Å². The molecule has 0 radical (unpaired) electrons. The normalized spacial score (nSPS) is 12.6. The average molecular weight is 313 g/mol. The quantitative estimate of drug-likeness (QED) is 0.858. The lowest BCUT2D eigenvalue weighted by Gasteiger charge is -2.10. The molecule has 0 fully saturated rings. The van der Waals surface area contributed by atoms with Crippen LogP contribution in [0.3, 0.4) is 0 Å². The van der Waals surface area contributed by atoms with E-state index in [9.17, 15) is 4.79 Å². The number of aromatic nitrogens is 3. The first-order valence-corrected chi connectivity index (χ1v) is 6.20. The summed E-state index contributed by atoms with van der Waals surface area (Å²) in [6, 6.07) is -0.356. The Morgan fingerprint density at radius 3 is 3.06 bits per heavy atom. The molecule has 0 saturated heterocycles. The largest absolute Gasteiger partial charge is 0.468 e. The van der Waals surface area contributed by atoms with Crippen LogP contribution in [0.25, 0.3) is 5.65 Å². The van der Waals surface area contributed by atoms with Crippen molar-refractivity contribution in [2.24, 2.45) is 0 Å². The minimum atomic E-state index is -0.356. The molecule has 1 N–H and O–H groups in total. The van der Waals surface area contributed by atoms with Crippen LogP contribution in [0.4, 0.5) is 0 Å². The fraction of sp³-hybridized carbons (Fsp3) is 0.364. The Balaban J connectivity index is 2.12. The molecule has 0 aliphatic heterocycles. The van der Waals surface area contributed by atoms with Crippen molar-refractivity contribution in [2.45, 2.75) is 19.5 Å². The highest BCUT2D eigenvalue weighted by molar-refractivity contribution is 9.10. The molecule has 7 heteroatoms. The van der Waals surface area contributed by atoms with Gasteiger partial charge >= 0.3 is 5.97 Å². The number of halogens is 1. The van der Waals surface area contributed by atoms with Crippen molar-refractivity contribution < 1.29 is 9.53 Å². The Morgan fingerprint density at radius 1 is 1.56 bits per heavy atom. The van der Waals surface area contributed by atoms with Crippen molar-refractivity contribution in [3.63, 3.8) is 0 Å². The number of ether oxygens (including phenoxy) is 1. The molecule has 0 amide bonds. The fourth-order valence-electron chi connectivity index (χ4n) is 1.56. The van der Waals surface area contributed by atoms with Crippen LogP contribution >= 0.6 is 15.9 Å². The summed E-state index contributed by atoms with van der Waals surface area (Å²) in [5.41, 5.74) is 1.71. The molecule has 0 aliphatic carbocycles. The molecule has 18 heavy (non-hydrogen) atoms. The first-order chi connectivity index (χ1) is 8.61. The van der Waals surface area contributed by atoms with Gasteiger partial charge in [-0.2, -0.15) is 0 Å². The van der Waals surface area contributed by atoms with Crippen LogP contribution in [0.5, 0.6) is 0 Å². The Labute approximate surface area is 113 Å². The minimum Gasteiger partial charge on any atom is -0.468 e. The highest BCUT2D eigenvalue weighted by atomic mass is 79.9. The molecule has 0 saturated carbocycles. The number of nitrogens with zero attached hydrogens (tertiary/aromatic N) is 3. The molecular formula is C11H13BrN4O2. The zero-order chi connectivity index (χ0) is 13.1. The van der Waals surface area contributed by atoms with Crippen molar-refractivity contribution >= 4 is 27.5 Å².